The number of anilines is 2. The Hall–Kier alpha value is -0.970. The van der Waals surface area contributed by atoms with E-state index < -0.39 is 0 Å². The van der Waals surface area contributed by atoms with E-state index in [1.165, 1.54) is 19.3 Å². The summed E-state index contributed by atoms with van der Waals surface area (Å²) in [5.41, 5.74) is 7.82. The van der Waals surface area contributed by atoms with Crippen molar-refractivity contribution in [1.82, 2.24) is 0 Å². The average molecular weight is 348 g/mol. The molecule has 1 heterocycles. The van der Waals surface area contributed by atoms with Crippen LogP contribution < -0.4 is 16.0 Å². The van der Waals surface area contributed by atoms with Gasteiger partial charge in [-0.1, -0.05) is 19.1 Å². The number of hydrogen-bond acceptors (Lipinski definition) is 3. The Morgan fingerprint density at radius 2 is 1.73 bits per heavy atom. The third kappa shape index (κ3) is 5.34. The van der Waals surface area contributed by atoms with Gasteiger partial charge in [-0.25, -0.2) is 0 Å². The molecule has 1 aliphatic heterocycles. The molecule has 2 atom stereocenters. The summed E-state index contributed by atoms with van der Waals surface area (Å²) >= 11 is 0. The van der Waals surface area contributed by atoms with Crippen molar-refractivity contribution in [2.24, 2.45) is 11.7 Å². The maximum absolute atomic E-state index is 12.2. The topological polar surface area (TPSA) is 58.4 Å². The number of para-hydroxylation sites is 2. The molecule has 4 nitrogen and oxygen atoms in total. The van der Waals surface area contributed by atoms with Crippen LogP contribution in [0.4, 0.5) is 11.4 Å². The lowest BCUT2D eigenvalue weighted by molar-refractivity contribution is -0.119. The highest BCUT2D eigenvalue weighted by molar-refractivity contribution is 5.96. The molecule has 3 N–H and O–H groups in total. The van der Waals surface area contributed by atoms with Gasteiger partial charge in [0.25, 0.3) is 0 Å². The lowest BCUT2D eigenvalue weighted by atomic mass is 10.0. The fourth-order valence-corrected chi connectivity index (χ4v) is 2.48. The molecule has 1 fully saturated rings. The molecule has 1 amide bonds. The van der Waals surface area contributed by atoms with E-state index in [1.54, 1.807) is 0 Å². The second kappa shape index (κ2) is 9.93. The predicted molar refractivity (Wildman–Crippen MR) is 98.4 cm³/mol. The molecule has 0 radical (unpaired) electrons. The van der Waals surface area contributed by atoms with Gasteiger partial charge in [-0.15, -0.1) is 24.8 Å². The van der Waals surface area contributed by atoms with Crippen LogP contribution in [0.25, 0.3) is 0 Å². The first-order chi connectivity index (χ1) is 9.59. The van der Waals surface area contributed by atoms with Gasteiger partial charge in [0.2, 0.25) is 5.91 Å². The summed E-state index contributed by atoms with van der Waals surface area (Å²) in [7, 11) is 0. The van der Waals surface area contributed by atoms with Crippen LogP contribution in [0.3, 0.4) is 0 Å². The first kappa shape index (κ1) is 21.0. The number of halogens is 2. The molecule has 126 valence electrons. The van der Waals surface area contributed by atoms with E-state index in [4.69, 9.17) is 5.73 Å². The SMILES string of the molecule is CC(N)C(C)C(=O)Nc1ccccc1N1CCCCC1.Cl.Cl. The monoisotopic (exact) mass is 347 g/mol. The number of piperidine rings is 1. The number of nitrogens with one attached hydrogen (secondary N) is 1. The van der Waals surface area contributed by atoms with Crippen molar-refractivity contribution < 1.29 is 4.79 Å². The standard InChI is InChI=1S/C16H25N3O.2ClH/c1-12(13(2)17)16(20)18-14-8-4-5-9-15(14)19-10-6-3-7-11-19;;/h4-5,8-9,12-13H,3,6-7,10-11,17H2,1-2H3,(H,18,20);2*1H. The van der Waals surface area contributed by atoms with Crippen LogP contribution >= 0.6 is 24.8 Å². The Kier molecular flexibility index (Phi) is 9.49. The Labute approximate surface area is 145 Å². The van der Waals surface area contributed by atoms with Gasteiger partial charge < -0.3 is 16.0 Å². The third-order valence-electron chi connectivity index (χ3n) is 4.06. The highest BCUT2D eigenvalue weighted by Gasteiger charge is 2.20. The molecule has 1 aromatic carbocycles. The fraction of sp³-hybridized carbons (Fsp3) is 0.562. The van der Waals surface area contributed by atoms with E-state index in [2.05, 4.69) is 16.3 Å². The summed E-state index contributed by atoms with van der Waals surface area (Å²) in [6, 6.07) is 7.89. The Morgan fingerprint density at radius 1 is 1.14 bits per heavy atom. The molecule has 0 aromatic heterocycles. The third-order valence-corrected chi connectivity index (χ3v) is 4.06. The Balaban J connectivity index is 0.00000220. The normalized spacial score (nSPS) is 16.8. The number of carbonyl (C=O) groups excluding carboxylic acids is 1. The number of rotatable bonds is 4. The van der Waals surface area contributed by atoms with Crippen LogP contribution in [-0.2, 0) is 4.79 Å². The number of nitrogens with zero attached hydrogens (tertiary/aromatic N) is 1. The summed E-state index contributed by atoms with van der Waals surface area (Å²) in [5, 5.41) is 3.03. The fourth-order valence-electron chi connectivity index (χ4n) is 2.48. The summed E-state index contributed by atoms with van der Waals surface area (Å²) < 4.78 is 0. The summed E-state index contributed by atoms with van der Waals surface area (Å²) in [4.78, 5) is 14.5. The molecule has 2 rings (SSSR count). The molecule has 1 saturated heterocycles. The molecule has 1 aliphatic rings. The molecule has 22 heavy (non-hydrogen) atoms. The molecular formula is C16H27Cl2N3O. The summed E-state index contributed by atoms with van der Waals surface area (Å²) in [6.07, 6.45) is 3.74. The lowest BCUT2D eigenvalue weighted by Crippen LogP contribution is -2.35. The van der Waals surface area contributed by atoms with E-state index in [0.29, 0.717) is 0 Å². The minimum absolute atomic E-state index is 0. The smallest absolute Gasteiger partial charge is 0.228 e. The number of benzene rings is 1. The molecule has 0 saturated carbocycles. The molecular weight excluding hydrogens is 321 g/mol. The zero-order chi connectivity index (χ0) is 14.5. The Morgan fingerprint density at radius 3 is 2.32 bits per heavy atom. The van der Waals surface area contributed by atoms with Gasteiger partial charge in [0.1, 0.15) is 0 Å². The number of carbonyl (C=O) groups is 1. The van der Waals surface area contributed by atoms with Gasteiger partial charge in [-0.3, -0.25) is 4.79 Å². The van der Waals surface area contributed by atoms with Crippen LogP contribution in [0, 0.1) is 5.92 Å². The van der Waals surface area contributed by atoms with E-state index in [0.717, 1.165) is 24.5 Å². The van der Waals surface area contributed by atoms with Crippen LogP contribution in [0.5, 0.6) is 0 Å². The Bertz CT molecular complexity index is 462. The largest absolute Gasteiger partial charge is 0.370 e. The summed E-state index contributed by atoms with van der Waals surface area (Å²) in [6.45, 7) is 5.86. The first-order valence-electron chi connectivity index (χ1n) is 7.50. The highest BCUT2D eigenvalue weighted by atomic mass is 35.5. The van der Waals surface area contributed by atoms with Gasteiger partial charge in [-0.05, 0) is 38.3 Å². The van der Waals surface area contributed by atoms with Crippen LogP contribution in [0.15, 0.2) is 24.3 Å². The van der Waals surface area contributed by atoms with E-state index in [9.17, 15) is 4.79 Å². The zero-order valence-electron chi connectivity index (χ0n) is 13.2. The molecule has 6 heteroatoms. The molecule has 0 spiro atoms. The van der Waals surface area contributed by atoms with Crippen molar-refractivity contribution in [2.45, 2.75) is 39.2 Å². The highest BCUT2D eigenvalue weighted by Crippen LogP contribution is 2.28. The van der Waals surface area contributed by atoms with Crippen molar-refractivity contribution >= 4 is 42.1 Å². The molecule has 0 aliphatic carbocycles. The van der Waals surface area contributed by atoms with Crippen molar-refractivity contribution in [3.05, 3.63) is 24.3 Å². The maximum Gasteiger partial charge on any atom is 0.228 e. The summed E-state index contributed by atoms with van der Waals surface area (Å²) in [5.74, 6) is -0.200. The number of hydrogen-bond donors (Lipinski definition) is 2. The molecule has 1 aromatic rings. The number of amides is 1. The zero-order valence-corrected chi connectivity index (χ0v) is 14.9. The van der Waals surface area contributed by atoms with Crippen LogP contribution in [-0.4, -0.2) is 25.0 Å². The van der Waals surface area contributed by atoms with Crippen molar-refractivity contribution in [1.29, 1.82) is 0 Å². The van der Waals surface area contributed by atoms with Gasteiger partial charge in [0, 0.05) is 19.1 Å². The van der Waals surface area contributed by atoms with Crippen molar-refractivity contribution in [2.75, 3.05) is 23.3 Å². The van der Waals surface area contributed by atoms with Crippen LogP contribution in [0.1, 0.15) is 33.1 Å². The van der Waals surface area contributed by atoms with Crippen molar-refractivity contribution in [3.8, 4) is 0 Å². The lowest BCUT2D eigenvalue weighted by Gasteiger charge is -2.30. The van der Waals surface area contributed by atoms with Gasteiger partial charge in [0.15, 0.2) is 0 Å². The molecule has 2 unspecified atom stereocenters. The average Bonchev–Trinajstić information content (AvgIpc) is 2.47. The maximum atomic E-state index is 12.2. The first-order valence-corrected chi connectivity index (χ1v) is 7.50. The van der Waals surface area contributed by atoms with E-state index >= 15 is 0 Å². The quantitative estimate of drug-likeness (QED) is 0.876. The second-order valence-electron chi connectivity index (χ2n) is 5.70. The van der Waals surface area contributed by atoms with Gasteiger partial charge >= 0.3 is 0 Å². The minimum Gasteiger partial charge on any atom is -0.370 e. The minimum atomic E-state index is -0.190. The predicted octanol–water partition coefficient (Wildman–Crippen LogP) is 3.44. The van der Waals surface area contributed by atoms with Crippen LogP contribution in [0.2, 0.25) is 0 Å². The van der Waals surface area contributed by atoms with E-state index in [-0.39, 0.29) is 42.7 Å². The van der Waals surface area contributed by atoms with Gasteiger partial charge in [0.05, 0.1) is 17.3 Å². The number of nitrogens with two attached hydrogens (primary N) is 1. The molecule has 0 bridgehead atoms. The van der Waals surface area contributed by atoms with E-state index in [1.807, 2.05) is 32.0 Å². The second-order valence-corrected chi connectivity index (χ2v) is 5.70. The van der Waals surface area contributed by atoms with Gasteiger partial charge in [-0.2, -0.15) is 0 Å². The van der Waals surface area contributed by atoms with Crippen molar-refractivity contribution in [3.63, 3.8) is 0 Å².